The van der Waals surface area contributed by atoms with Gasteiger partial charge in [0.15, 0.2) is 0 Å². The van der Waals surface area contributed by atoms with Crippen LogP contribution < -0.4 is 5.32 Å². The van der Waals surface area contributed by atoms with Crippen LogP contribution in [0.4, 0.5) is 4.79 Å². The van der Waals surface area contributed by atoms with Crippen molar-refractivity contribution >= 4 is 6.09 Å². The topological polar surface area (TPSA) is 50.8 Å². The third-order valence-electron chi connectivity index (χ3n) is 3.03. The van der Waals surface area contributed by atoms with Crippen LogP contribution in [0.1, 0.15) is 20.8 Å². The van der Waals surface area contributed by atoms with Gasteiger partial charge in [-0.15, -0.1) is 0 Å². The van der Waals surface area contributed by atoms with Crippen LogP contribution in [0.15, 0.2) is 0 Å². The summed E-state index contributed by atoms with van der Waals surface area (Å²) in [6, 6.07) is 0. The molecule has 5 heteroatoms. The van der Waals surface area contributed by atoms with Gasteiger partial charge in [-0.2, -0.15) is 0 Å². The lowest BCUT2D eigenvalue weighted by Crippen LogP contribution is -2.66. The summed E-state index contributed by atoms with van der Waals surface area (Å²) in [5.41, 5.74) is 0.0279. The average molecular weight is 242 g/mol. The van der Waals surface area contributed by atoms with Crippen molar-refractivity contribution in [1.29, 1.82) is 0 Å². The fourth-order valence-electron chi connectivity index (χ4n) is 2.26. The maximum atomic E-state index is 11.4. The summed E-state index contributed by atoms with van der Waals surface area (Å²) in [4.78, 5) is 13.7. The zero-order chi connectivity index (χ0) is 12.5. The molecule has 0 aromatic heterocycles. The molecule has 0 saturated carbocycles. The molecule has 0 unspecified atom stereocenters. The van der Waals surface area contributed by atoms with Gasteiger partial charge < -0.3 is 19.7 Å². The SMILES string of the molecule is CC(C)(C)OC(=O)NCCN1CC2(COC2)C1. The number of nitrogens with one attached hydrogen (secondary N) is 1. The summed E-state index contributed by atoms with van der Waals surface area (Å²) < 4.78 is 10.4. The lowest BCUT2D eigenvalue weighted by molar-refractivity contribution is -0.188. The van der Waals surface area contributed by atoms with E-state index in [2.05, 4.69) is 10.2 Å². The first-order chi connectivity index (χ1) is 7.89. The highest BCUT2D eigenvalue weighted by Crippen LogP contribution is 2.36. The first kappa shape index (κ1) is 12.6. The summed E-state index contributed by atoms with van der Waals surface area (Å²) in [5, 5.41) is 2.77. The van der Waals surface area contributed by atoms with Gasteiger partial charge in [-0.3, -0.25) is 0 Å². The largest absolute Gasteiger partial charge is 0.444 e. The number of carbonyl (C=O) groups is 1. The molecule has 2 rings (SSSR count). The molecule has 2 aliphatic heterocycles. The minimum absolute atomic E-state index is 0.334. The van der Waals surface area contributed by atoms with Crippen LogP contribution in [0.3, 0.4) is 0 Å². The Balaban J connectivity index is 1.53. The van der Waals surface area contributed by atoms with Crippen molar-refractivity contribution < 1.29 is 14.3 Å². The maximum Gasteiger partial charge on any atom is 0.407 e. The van der Waals surface area contributed by atoms with Gasteiger partial charge in [0.2, 0.25) is 0 Å². The number of hydrogen-bond donors (Lipinski definition) is 1. The number of hydrogen-bond acceptors (Lipinski definition) is 4. The summed E-state index contributed by atoms with van der Waals surface area (Å²) in [7, 11) is 0. The third-order valence-corrected chi connectivity index (χ3v) is 3.03. The van der Waals surface area contributed by atoms with Gasteiger partial charge in [0.05, 0.1) is 13.2 Å². The van der Waals surface area contributed by atoms with E-state index in [0.29, 0.717) is 12.0 Å². The fraction of sp³-hybridized carbons (Fsp3) is 0.917. The van der Waals surface area contributed by atoms with E-state index in [0.717, 1.165) is 32.8 Å². The van der Waals surface area contributed by atoms with Crippen molar-refractivity contribution in [2.75, 3.05) is 39.4 Å². The van der Waals surface area contributed by atoms with Crippen LogP contribution in [0, 0.1) is 5.41 Å². The van der Waals surface area contributed by atoms with Gasteiger partial charge in [-0.1, -0.05) is 0 Å². The number of alkyl carbamates (subject to hydrolysis) is 1. The van der Waals surface area contributed by atoms with Crippen molar-refractivity contribution in [2.24, 2.45) is 5.41 Å². The molecule has 0 aromatic rings. The van der Waals surface area contributed by atoms with Crippen molar-refractivity contribution in [3.05, 3.63) is 0 Å². The monoisotopic (exact) mass is 242 g/mol. The number of amides is 1. The number of ether oxygens (including phenoxy) is 2. The molecule has 1 spiro atoms. The summed E-state index contributed by atoms with van der Waals surface area (Å²) >= 11 is 0. The van der Waals surface area contributed by atoms with Crippen molar-refractivity contribution in [3.63, 3.8) is 0 Å². The highest BCUT2D eigenvalue weighted by Gasteiger charge is 2.48. The van der Waals surface area contributed by atoms with E-state index in [4.69, 9.17) is 9.47 Å². The molecule has 0 bridgehead atoms. The molecule has 2 aliphatic rings. The Bertz CT molecular complexity index is 287. The van der Waals surface area contributed by atoms with Gasteiger partial charge >= 0.3 is 6.09 Å². The average Bonchev–Trinajstić information content (AvgIpc) is 2.02. The maximum absolute atomic E-state index is 11.4. The van der Waals surface area contributed by atoms with E-state index in [9.17, 15) is 4.79 Å². The second kappa shape index (κ2) is 4.46. The van der Waals surface area contributed by atoms with Gasteiger partial charge in [0.1, 0.15) is 5.60 Å². The molecule has 2 saturated heterocycles. The second-order valence-electron chi connectivity index (χ2n) is 6.13. The van der Waals surface area contributed by atoms with Crippen LogP contribution in [0.5, 0.6) is 0 Å². The van der Waals surface area contributed by atoms with Crippen molar-refractivity contribution in [1.82, 2.24) is 10.2 Å². The Hall–Kier alpha value is -0.810. The van der Waals surface area contributed by atoms with E-state index in [1.807, 2.05) is 20.8 Å². The molecule has 17 heavy (non-hydrogen) atoms. The lowest BCUT2D eigenvalue weighted by atomic mass is 9.78. The number of rotatable bonds is 3. The predicted octanol–water partition coefficient (Wildman–Crippen LogP) is 0.843. The van der Waals surface area contributed by atoms with Crippen molar-refractivity contribution in [3.8, 4) is 0 Å². The number of nitrogens with zero attached hydrogens (tertiary/aromatic N) is 1. The van der Waals surface area contributed by atoms with Gasteiger partial charge in [-0.25, -0.2) is 4.79 Å². The third kappa shape index (κ3) is 3.33. The molecule has 0 aliphatic carbocycles. The van der Waals surface area contributed by atoms with E-state index in [1.165, 1.54) is 0 Å². The Morgan fingerprint density at radius 3 is 2.53 bits per heavy atom. The smallest absolute Gasteiger partial charge is 0.407 e. The number of carbonyl (C=O) groups excluding carboxylic acids is 1. The van der Waals surface area contributed by atoms with E-state index >= 15 is 0 Å². The minimum Gasteiger partial charge on any atom is -0.444 e. The molecule has 0 atom stereocenters. The minimum atomic E-state index is -0.422. The molecule has 2 heterocycles. The van der Waals surface area contributed by atoms with E-state index < -0.39 is 5.60 Å². The standard InChI is InChI=1S/C12H22N2O3/c1-11(2,3)17-10(15)13-4-5-14-6-12(7-14)8-16-9-12/h4-9H2,1-3H3,(H,13,15). The highest BCUT2D eigenvalue weighted by atomic mass is 16.6. The van der Waals surface area contributed by atoms with E-state index in [1.54, 1.807) is 0 Å². The van der Waals surface area contributed by atoms with Gasteiger partial charge in [0, 0.05) is 31.6 Å². The molecule has 98 valence electrons. The highest BCUT2D eigenvalue weighted by molar-refractivity contribution is 5.67. The predicted molar refractivity (Wildman–Crippen MR) is 63.9 cm³/mol. The normalized spacial score (nSPS) is 22.8. The molecule has 2 fully saturated rings. The van der Waals surface area contributed by atoms with Crippen LogP contribution in [-0.2, 0) is 9.47 Å². The fourth-order valence-corrected chi connectivity index (χ4v) is 2.26. The van der Waals surface area contributed by atoms with Gasteiger partial charge in [-0.05, 0) is 20.8 Å². The quantitative estimate of drug-likeness (QED) is 0.797. The second-order valence-corrected chi connectivity index (χ2v) is 6.13. The van der Waals surface area contributed by atoms with Crippen LogP contribution in [-0.4, -0.2) is 56.0 Å². The molecular weight excluding hydrogens is 220 g/mol. The Labute approximate surface area is 102 Å². The zero-order valence-electron chi connectivity index (χ0n) is 10.9. The summed E-state index contributed by atoms with van der Waals surface area (Å²) in [5.74, 6) is 0. The lowest BCUT2D eigenvalue weighted by Gasteiger charge is -2.55. The van der Waals surface area contributed by atoms with E-state index in [-0.39, 0.29) is 6.09 Å². The first-order valence-corrected chi connectivity index (χ1v) is 6.16. The van der Waals surface area contributed by atoms with Crippen LogP contribution >= 0.6 is 0 Å². The Morgan fingerprint density at radius 1 is 1.41 bits per heavy atom. The van der Waals surface area contributed by atoms with Crippen LogP contribution in [0.25, 0.3) is 0 Å². The summed E-state index contributed by atoms with van der Waals surface area (Å²) in [6.07, 6.45) is -0.334. The first-order valence-electron chi connectivity index (χ1n) is 6.16. The Kier molecular flexibility index (Phi) is 3.32. The van der Waals surface area contributed by atoms with Crippen LogP contribution in [0.2, 0.25) is 0 Å². The summed E-state index contributed by atoms with van der Waals surface area (Å²) in [6.45, 7) is 11.1. The molecular formula is C12H22N2O3. The Morgan fingerprint density at radius 2 is 2.06 bits per heavy atom. The molecule has 0 radical (unpaired) electrons. The van der Waals surface area contributed by atoms with Crippen molar-refractivity contribution in [2.45, 2.75) is 26.4 Å². The number of likely N-dealkylation sites (tertiary alicyclic amines) is 1. The zero-order valence-corrected chi connectivity index (χ0v) is 10.9. The molecule has 1 amide bonds. The molecule has 5 nitrogen and oxygen atoms in total. The van der Waals surface area contributed by atoms with Gasteiger partial charge in [0.25, 0.3) is 0 Å². The molecule has 0 aromatic carbocycles. The molecule has 1 N–H and O–H groups in total.